The van der Waals surface area contributed by atoms with Crippen molar-refractivity contribution >= 4 is 5.82 Å². The van der Waals surface area contributed by atoms with E-state index < -0.39 is 0 Å². The van der Waals surface area contributed by atoms with E-state index in [9.17, 15) is 0 Å². The second kappa shape index (κ2) is 8.03. The average Bonchev–Trinajstić information content (AvgIpc) is 2.39. The molecular formula is C14H26N4. The van der Waals surface area contributed by atoms with Gasteiger partial charge in [-0.1, -0.05) is 40.5 Å². The van der Waals surface area contributed by atoms with Crippen molar-refractivity contribution in [1.82, 2.24) is 15.5 Å². The van der Waals surface area contributed by atoms with Gasteiger partial charge in [-0.15, -0.1) is 5.10 Å². The van der Waals surface area contributed by atoms with Crippen molar-refractivity contribution in [2.45, 2.75) is 53.1 Å². The Hall–Kier alpha value is -1.16. The fourth-order valence-electron chi connectivity index (χ4n) is 1.68. The van der Waals surface area contributed by atoms with Crippen LogP contribution in [0.15, 0.2) is 12.1 Å². The third-order valence-electron chi connectivity index (χ3n) is 3.14. The third-order valence-corrected chi connectivity index (χ3v) is 3.14. The summed E-state index contributed by atoms with van der Waals surface area (Å²) in [6.07, 6.45) is 2.40. The van der Waals surface area contributed by atoms with Gasteiger partial charge in [-0.25, -0.2) is 0 Å². The van der Waals surface area contributed by atoms with Gasteiger partial charge in [-0.3, -0.25) is 0 Å². The maximum Gasteiger partial charge on any atom is 0.148 e. The Labute approximate surface area is 111 Å². The monoisotopic (exact) mass is 250 g/mol. The largest absolute Gasteiger partial charge is 0.368 e. The lowest BCUT2D eigenvalue weighted by Crippen LogP contribution is -2.22. The molecular weight excluding hydrogens is 224 g/mol. The van der Waals surface area contributed by atoms with E-state index in [0.29, 0.717) is 12.0 Å². The van der Waals surface area contributed by atoms with Crippen LogP contribution >= 0.6 is 0 Å². The molecule has 1 aromatic heterocycles. The molecule has 1 aromatic rings. The molecule has 1 heterocycles. The summed E-state index contributed by atoms with van der Waals surface area (Å²) in [7, 11) is 0. The van der Waals surface area contributed by atoms with Gasteiger partial charge < -0.3 is 10.6 Å². The first-order valence-electron chi connectivity index (χ1n) is 6.95. The Balaban J connectivity index is 2.40. The summed E-state index contributed by atoms with van der Waals surface area (Å²) in [5, 5.41) is 15.1. The van der Waals surface area contributed by atoms with Gasteiger partial charge in [-0.2, -0.15) is 5.10 Å². The fraction of sp³-hybridized carbons (Fsp3) is 0.714. The molecule has 0 saturated heterocycles. The number of nitrogens with one attached hydrogen (secondary N) is 2. The van der Waals surface area contributed by atoms with Crippen LogP contribution in [0.25, 0.3) is 0 Å². The van der Waals surface area contributed by atoms with Gasteiger partial charge in [0.05, 0.1) is 5.69 Å². The van der Waals surface area contributed by atoms with Gasteiger partial charge in [0, 0.05) is 19.1 Å². The Morgan fingerprint density at radius 3 is 2.33 bits per heavy atom. The molecule has 0 aliphatic heterocycles. The molecule has 18 heavy (non-hydrogen) atoms. The molecule has 0 spiro atoms. The van der Waals surface area contributed by atoms with Crippen LogP contribution in [0.1, 0.15) is 46.2 Å². The molecule has 0 fully saturated rings. The molecule has 0 saturated carbocycles. The predicted molar refractivity (Wildman–Crippen MR) is 76.6 cm³/mol. The first kappa shape index (κ1) is 14.9. The molecule has 0 unspecified atom stereocenters. The lowest BCUT2D eigenvalue weighted by molar-refractivity contribution is 0.518. The highest BCUT2D eigenvalue weighted by Crippen LogP contribution is 2.09. The second-order valence-electron chi connectivity index (χ2n) is 5.01. The van der Waals surface area contributed by atoms with Gasteiger partial charge in [0.25, 0.3) is 0 Å². The minimum absolute atomic E-state index is 0.472. The highest BCUT2D eigenvalue weighted by atomic mass is 15.2. The van der Waals surface area contributed by atoms with E-state index in [2.05, 4.69) is 48.5 Å². The molecule has 1 rings (SSSR count). The summed E-state index contributed by atoms with van der Waals surface area (Å²) in [6.45, 7) is 10.4. The fourth-order valence-corrected chi connectivity index (χ4v) is 1.68. The van der Waals surface area contributed by atoms with E-state index in [-0.39, 0.29) is 0 Å². The number of hydrogen-bond donors (Lipinski definition) is 2. The van der Waals surface area contributed by atoms with E-state index in [1.165, 1.54) is 12.8 Å². The number of aromatic nitrogens is 2. The lowest BCUT2D eigenvalue weighted by atomic mass is 10.0. The molecule has 0 bridgehead atoms. The van der Waals surface area contributed by atoms with Crippen LogP contribution in [0.2, 0.25) is 0 Å². The molecule has 2 N–H and O–H groups in total. The van der Waals surface area contributed by atoms with E-state index in [0.717, 1.165) is 24.6 Å². The minimum Gasteiger partial charge on any atom is -0.368 e. The quantitative estimate of drug-likeness (QED) is 0.745. The Bertz CT molecular complexity index is 317. The molecule has 0 atom stereocenters. The van der Waals surface area contributed by atoms with Crippen molar-refractivity contribution in [3.63, 3.8) is 0 Å². The topological polar surface area (TPSA) is 49.8 Å². The standard InChI is InChI=1S/C14H26N4/c1-5-12(6-2)9-16-14-8-7-13(17-18-14)10-15-11(3)4/h7-8,11-12,15H,5-6,9-10H2,1-4H3,(H,16,18). The summed E-state index contributed by atoms with van der Waals surface area (Å²) < 4.78 is 0. The molecule has 0 aromatic carbocycles. The van der Waals surface area contributed by atoms with E-state index in [1.54, 1.807) is 0 Å². The zero-order valence-electron chi connectivity index (χ0n) is 12.0. The molecule has 0 aliphatic rings. The van der Waals surface area contributed by atoms with Crippen molar-refractivity contribution in [3.8, 4) is 0 Å². The SMILES string of the molecule is CCC(CC)CNc1ccc(CNC(C)C)nn1. The predicted octanol–water partition coefficient (Wildman–Crippen LogP) is 2.82. The highest BCUT2D eigenvalue weighted by molar-refractivity contribution is 5.32. The van der Waals surface area contributed by atoms with Crippen LogP contribution in [-0.2, 0) is 6.54 Å². The van der Waals surface area contributed by atoms with Crippen LogP contribution in [0.4, 0.5) is 5.82 Å². The second-order valence-corrected chi connectivity index (χ2v) is 5.01. The molecule has 0 aliphatic carbocycles. The summed E-state index contributed by atoms with van der Waals surface area (Å²) in [4.78, 5) is 0. The summed E-state index contributed by atoms with van der Waals surface area (Å²) >= 11 is 0. The van der Waals surface area contributed by atoms with Gasteiger partial charge >= 0.3 is 0 Å². The van der Waals surface area contributed by atoms with Gasteiger partial charge in [-0.05, 0) is 18.1 Å². The third kappa shape index (κ3) is 5.45. The van der Waals surface area contributed by atoms with Crippen molar-refractivity contribution in [1.29, 1.82) is 0 Å². The number of hydrogen-bond acceptors (Lipinski definition) is 4. The highest BCUT2D eigenvalue weighted by Gasteiger charge is 2.04. The summed E-state index contributed by atoms with van der Waals surface area (Å²) in [6, 6.07) is 4.50. The van der Waals surface area contributed by atoms with Crippen molar-refractivity contribution in [2.24, 2.45) is 5.92 Å². The lowest BCUT2D eigenvalue weighted by Gasteiger charge is -2.13. The Morgan fingerprint density at radius 1 is 1.11 bits per heavy atom. The molecule has 4 heteroatoms. The van der Waals surface area contributed by atoms with Crippen molar-refractivity contribution in [2.75, 3.05) is 11.9 Å². The number of anilines is 1. The van der Waals surface area contributed by atoms with Crippen molar-refractivity contribution in [3.05, 3.63) is 17.8 Å². The van der Waals surface area contributed by atoms with Gasteiger partial charge in [0.1, 0.15) is 5.82 Å². The zero-order chi connectivity index (χ0) is 13.4. The van der Waals surface area contributed by atoms with Crippen LogP contribution in [0, 0.1) is 5.92 Å². The minimum atomic E-state index is 0.472. The van der Waals surface area contributed by atoms with Crippen molar-refractivity contribution < 1.29 is 0 Å². The van der Waals surface area contributed by atoms with E-state index in [4.69, 9.17) is 0 Å². The molecule has 4 nitrogen and oxygen atoms in total. The van der Waals surface area contributed by atoms with Crippen LogP contribution in [0.3, 0.4) is 0 Å². The molecule has 102 valence electrons. The molecule has 0 amide bonds. The normalized spacial score (nSPS) is 11.2. The Morgan fingerprint density at radius 2 is 1.83 bits per heavy atom. The van der Waals surface area contributed by atoms with Gasteiger partial charge in [0.2, 0.25) is 0 Å². The smallest absolute Gasteiger partial charge is 0.148 e. The first-order chi connectivity index (χ1) is 8.65. The average molecular weight is 250 g/mol. The van der Waals surface area contributed by atoms with Crippen LogP contribution in [-0.4, -0.2) is 22.8 Å². The number of nitrogens with zero attached hydrogens (tertiary/aromatic N) is 2. The summed E-state index contributed by atoms with van der Waals surface area (Å²) in [5.74, 6) is 1.59. The maximum absolute atomic E-state index is 4.21. The molecule has 0 radical (unpaired) electrons. The van der Waals surface area contributed by atoms with Crippen LogP contribution in [0.5, 0.6) is 0 Å². The van der Waals surface area contributed by atoms with Crippen LogP contribution < -0.4 is 10.6 Å². The Kier molecular flexibility index (Phi) is 6.65. The van der Waals surface area contributed by atoms with E-state index >= 15 is 0 Å². The van der Waals surface area contributed by atoms with E-state index in [1.807, 2.05) is 12.1 Å². The summed E-state index contributed by atoms with van der Waals surface area (Å²) in [5.41, 5.74) is 0.983. The number of rotatable bonds is 8. The van der Waals surface area contributed by atoms with Gasteiger partial charge in [0.15, 0.2) is 0 Å². The first-order valence-corrected chi connectivity index (χ1v) is 6.95. The maximum atomic E-state index is 4.21. The zero-order valence-corrected chi connectivity index (χ0v) is 12.0.